The lowest BCUT2D eigenvalue weighted by Crippen LogP contribution is -2.35. The Morgan fingerprint density at radius 2 is 2.10 bits per heavy atom. The maximum atomic E-state index is 12.7. The molecule has 3 rings (SSSR count). The lowest BCUT2D eigenvalue weighted by atomic mass is 10.1. The van der Waals surface area contributed by atoms with Crippen LogP contribution in [0.25, 0.3) is 0 Å². The summed E-state index contributed by atoms with van der Waals surface area (Å²) in [5, 5.41) is 13.3. The van der Waals surface area contributed by atoms with Crippen molar-refractivity contribution in [2.75, 3.05) is 0 Å². The van der Waals surface area contributed by atoms with Crippen LogP contribution in [-0.4, -0.2) is 27.9 Å². The predicted octanol–water partition coefficient (Wildman–Crippen LogP) is 2.60. The van der Waals surface area contributed by atoms with E-state index in [0.717, 1.165) is 18.4 Å². The number of carboxylic acid groups (broad SMARTS) is 1. The molecule has 108 valence electrons. The lowest BCUT2D eigenvalue weighted by Gasteiger charge is -2.23. The first-order valence-corrected chi connectivity index (χ1v) is 7.91. The summed E-state index contributed by atoms with van der Waals surface area (Å²) in [6.45, 7) is 4.37. The Morgan fingerprint density at radius 3 is 2.55 bits per heavy atom. The Bertz CT molecular complexity index is 533. The second-order valence-corrected chi connectivity index (χ2v) is 7.22. The third kappa shape index (κ3) is 2.24. The number of aliphatic carboxylic acids is 1. The van der Waals surface area contributed by atoms with Crippen LogP contribution >= 0.6 is 11.3 Å². The number of carbonyl (C=O) groups excluding carboxylic acids is 1. The van der Waals surface area contributed by atoms with Gasteiger partial charge in [0.25, 0.3) is 0 Å². The molecule has 20 heavy (non-hydrogen) atoms. The maximum absolute atomic E-state index is 12.7. The van der Waals surface area contributed by atoms with E-state index in [0.29, 0.717) is 12.6 Å². The van der Waals surface area contributed by atoms with Gasteiger partial charge in [0.15, 0.2) is 0 Å². The molecule has 2 atom stereocenters. The molecule has 1 aromatic rings. The molecule has 0 aromatic carbocycles. The minimum absolute atomic E-state index is 0.0242. The molecule has 2 fully saturated rings. The second kappa shape index (κ2) is 4.58. The van der Waals surface area contributed by atoms with Gasteiger partial charge in [-0.15, -0.1) is 0 Å². The summed E-state index contributed by atoms with van der Waals surface area (Å²) in [6, 6.07) is 2.34. The average Bonchev–Trinajstić information content (AvgIpc) is 3.23. The highest BCUT2D eigenvalue weighted by atomic mass is 32.1. The Hall–Kier alpha value is -1.36. The monoisotopic (exact) mass is 293 g/mol. The summed E-state index contributed by atoms with van der Waals surface area (Å²) in [7, 11) is 0. The molecule has 2 unspecified atom stereocenters. The molecule has 0 bridgehead atoms. The predicted molar refractivity (Wildman–Crippen MR) is 76.3 cm³/mol. The average molecular weight is 293 g/mol. The lowest BCUT2D eigenvalue weighted by molar-refractivity contribution is -0.142. The van der Waals surface area contributed by atoms with E-state index < -0.39 is 17.3 Å². The van der Waals surface area contributed by atoms with E-state index in [9.17, 15) is 14.7 Å². The molecule has 1 aromatic heterocycles. The molecule has 1 N–H and O–H groups in total. The maximum Gasteiger partial charge on any atom is 0.307 e. The third-order valence-electron chi connectivity index (χ3n) is 4.56. The summed E-state index contributed by atoms with van der Waals surface area (Å²) in [4.78, 5) is 25.9. The Kier molecular flexibility index (Phi) is 3.12. The quantitative estimate of drug-likeness (QED) is 0.908. The van der Waals surface area contributed by atoms with E-state index >= 15 is 0 Å². The molecule has 0 spiro atoms. The van der Waals surface area contributed by atoms with E-state index in [1.165, 1.54) is 0 Å². The second-order valence-electron chi connectivity index (χ2n) is 6.44. The van der Waals surface area contributed by atoms with Gasteiger partial charge in [-0.2, -0.15) is 11.3 Å². The van der Waals surface area contributed by atoms with Crippen LogP contribution in [-0.2, 0) is 16.1 Å². The van der Waals surface area contributed by atoms with Crippen molar-refractivity contribution in [2.45, 2.75) is 39.3 Å². The molecule has 0 radical (unpaired) electrons. The Morgan fingerprint density at radius 1 is 1.40 bits per heavy atom. The van der Waals surface area contributed by atoms with Crippen LogP contribution in [0.4, 0.5) is 0 Å². The van der Waals surface area contributed by atoms with Gasteiger partial charge in [-0.05, 0) is 40.6 Å². The van der Waals surface area contributed by atoms with Crippen LogP contribution in [0.5, 0.6) is 0 Å². The molecule has 0 saturated heterocycles. The van der Waals surface area contributed by atoms with E-state index in [2.05, 4.69) is 5.38 Å². The SMILES string of the molecule is CC1(C)C(C(=O)O)C1C(=O)N(Cc1ccsc1)C1CC1. The van der Waals surface area contributed by atoms with Crippen LogP contribution in [0.2, 0.25) is 0 Å². The third-order valence-corrected chi connectivity index (χ3v) is 5.30. The smallest absolute Gasteiger partial charge is 0.307 e. The highest BCUT2D eigenvalue weighted by Crippen LogP contribution is 2.59. The van der Waals surface area contributed by atoms with Gasteiger partial charge in [-0.25, -0.2) is 0 Å². The zero-order chi connectivity index (χ0) is 14.5. The van der Waals surface area contributed by atoms with Gasteiger partial charge < -0.3 is 10.0 Å². The van der Waals surface area contributed by atoms with Gasteiger partial charge in [0.2, 0.25) is 5.91 Å². The van der Waals surface area contributed by atoms with Gasteiger partial charge in [-0.3, -0.25) is 9.59 Å². The van der Waals surface area contributed by atoms with E-state index in [4.69, 9.17) is 0 Å². The standard InChI is InChI=1S/C15H19NO3S/c1-15(2)11(12(15)14(18)19)13(17)16(10-3-4-10)7-9-5-6-20-8-9/h5-6,8,10-12H,3-4,7H2,1-2H3,(H,18,19). The summed E-state index contributed by atoms with van der Waals surface area (Å²) in [5.41, 5.74) is 0.727. The Labute approximate surface area is 122 Å². The summed E-state index contributed by atoms with van der Waals surface area (Å²) < 4.78 is 0. The Balaban J connectivity index is 1.75. The van der Waals surface area contributed by atoms with E-state index in [1.54, 1.807) is 11.3 Å². The van der Waals surface area contributed by atoms with Crippen molar-refractivity contribution >= 4 is 23.2 Å². The summed E-state index contributed by atoms with van der Waals surface area (Å²) in [6.07, 6.45) is 2.08. The van der Waals surface area contributed by atoms with Gasteiger partial charge in [0.05, 0.1) is 11.8 Å². The minimum Gasteiger partial charge on any atom is -0.481 e. The molecule has 1 heterocycles. The zero-order valence-corrected chi connectivity index (χ0v) is 12.5. The largest absolute Gasteiger partial charge is 0.481 e. The molecule has 2 aliphatic carbocycles. The van der Waals surface area contributed by atoms with Crippen molar-refractivity contribution in [1.82, 2.24) is 4.90 Å². The molecule has 4 nitrogen and oxygen atoms in total. The zero-order valence-electron chi connectivity index (χ0n) is 11.7. The number of rotatable bonds is 5. The van der Waals surface area contributed by atoms with Gasteiger partial charge in [0, 0.05) is 12.6 Å². The van der Waals surface area contributed by atoms with Crippen molar-refractivity contribution in [3.8, 4) is 0 Å². The normalized spacial score (nSPS) is 27.1. The van der Waals surface area contributed by atoms with E-state index in [-0.39, 0.29) is 11.8 Å². The van der Waals surface area contributed by atoms with Crippen molar-refractivity contribution in [1.29, 1.82) is 0 Å². The number of nitrogens with zero attached hydrogens (tertiary/aromatic N) is 1. The van der Waals surface area contributed by atoms with E-state index in [1.807, 2.05) is 30.2 Å². The number of hydrogen-bond acceptors (Lipinski definition) is 3. The van der Waals surface area contributed by atoms with Gasteiger partial charge in [0.1, 0.15) is 0 Å². The highest BCUT2D eigenvalue weighted by molar-refractivity contribution is 7.07. The summed E-state index contributed by atoms with van der Waals surface area (Å²) in [5.74, 6) is -1.71. The topological polar surface area (TPSA) is 57.6 Å². The van der Waals surface area contributed by atoms with Crippen LogP contribution in [0.1, 0.15) is 32.3 Å². The van der Waals surface area contributed by atoms with Crippen molar-refractivity contribution < 1.29 is 14.7 Å². The fourth-order valence-electron chi connectivity index (χ4n) is 3.09. The highest BCUT2D eigenvalue weighted by Gasteiger charge is 2.67. The van der Waals surface area contributed by atoms with Gasteiger partial charge >= 0.3 is 5.97 Å². The van der Waals surface area contributed by atoms with Crippen molar-refractivity contribution in [3.05, 3.63) is 22.4 Å². The number of amides is 1. The van der Waals surface area contributed by atoms with Gasteiger partial charge in [-0.1, -0.05) is 13.8 Å². The van der Waals surface area contributed by atoms with Crippen LogP contribution < -0.4 is 0 Å². The molecule has 2 saturated carbocycles. The fourth-order valence-corrected chi connectivity index (χ4v) is 3.75. The number of hydrogen-bond donors (Lipinski definition) is 1. The summed E-state index contributed by atoms with van der Waals surface area (Å²) >= 11 is 1.62. The molecule has 1 amide bonds. The van der Waals surface area contributed by atoms with Crippen LogP contribution in [0.15, 0.2) is 16.8 Å². The van der Waals surface area contributed by atoms with Crippen LogP contribution in [0, 0.1) is 17.3 Å². The van der Waals surface area contributed by atoms with Crippen molar-refractivity contribution in [2.24, 2.45) is 17.3 Å². The van der Waals surface area contributed by atoms with Crippen molar-refractivity contribution in [3.63, 3.8) is 0 Å². The van der Waals surface area contributed by atoms with Crippen LogP contribution in [0.3, 0.4) is 0 Å². The number of carbonyl (C=O) groups is 2. The molecular weight excluding hydrogens is 274 g/mol. The first-order valence-electron chi connectivity index (χ1n) is 6.97. The molecular formula is C15H19NO3S. The minimum atomic E-state index is -0.848. The fraction of sp³-hybridized carbons (Fsp3) is 0.600. The number of thiophene rings is 1. The first kappa shape index (κ1) is 13.6. The molecule has 5 heteroatoms. The molecule has 2 aliphatic rings. The number of carboxylic acids is 1. The molecule has 0 aliphatic heterocycles. The first-order chi connectivity index (χ1) is 9.43.